The van der Waals surface area contributed by atoms with Gasteiger partial charge in [-0.2, -0.15) is 0 Å². The van der Waals surface area contributed by atoms with Crippen molar-refractivity contribution in [3.63, 3.8) is 0 Å². The van der Waals surface area contributed by atoms with Crippen LogP contribution in [0, 0.1) is 0 Å². The third-order valence-corrected chi connectivity index (χ3v) is 1.89. The molecular formula is C9H19N3O3. The molecule has 0 heterocycles. The summed E-state index contributed by atoms with van der Waals surface area (Å²) in [6.07, 6.45) is -0.127. The van der Waals surface area contributed by atoms with Crippen molar-refractivity contribution in [3.8, 4) is 0 Å². The molecule has 1 atom stereocenters. The smallest absolute Gasteiger partial charge is 0.239 e. The van der Waals surface area contributed by atoms with Gasteiger partial charge in [-0.3, -0.25) is 9.59 Å². The largest absolute Gasteiger partial charge is 0.380 e. The molecule has 0 aliphatic rings. The van der Waals surface area contributed by atoms with E-state index in [4.69, 9.17) is 16.2 Å². The second-order valence-electron chi connectivity index (χ2n) is 3.23. The van der Waals surface area contributed by atoms with E-state index in [1.54, 1.807) is 7.05 Å². The predicted octanol–water partition coefficient (Wildman–Crippen LogP) is -1.32. The van der Waals surface area contributed by atoms with Gasteiger partial charge in [0, 0.05) is 20.2 Å². The number of hydrogen-bond donors (Lipinski definition) is 2. The van der Waals surface area contributed by atoms with Gasteiger partial charge in [0.2, 0.25) is 11.8 Å². The summed E-state index contributed by atoms with van der Waals surface area (Å²) in [6, 6.07) is -0.853. The summed E-state index contributed by atoms with van der Waals surface area (Å²) in [7, 11) is 1.61. The zero-order chi connectivity index (χ0) is 11.8. The third kappa shape index (κ3) is 6.03. The molecule has 6 nitrogen and oxygen atoms in total. The van der Waals surface area contributed by atoms with Crippen LogP contribution in [0.3, 0.4) is 0 Å². The number of rotatable bonds is 7. The Morgan fingerprint density at radius 1 is 1.47 bits per heavy atom. The van der Waals surface area contributed by atoms with Crippen molar-refractivity contribution < 1.29 is 14.3 Å². The summed E-state index contributed by atoms with van der Waals surface area (Å²) in [5.74, 6) is -0.873. The number of carbonyl (C=O) groups is 2. The molecular weight excluding hydrogens is 198 g/mol. The first kappa shape index (κ1) is 13.9. The van der Waals surface area contributed by atoms with Crippen LogP contribution in [0.5, 0.6) is 0 Å². The number of ether oxygens (including phenoxy) is 1. The molecule has 88 valence electrons. The Balaban J connectivity index is 3.90. The molecule has 1 unspecified atom stereocenters. The molecule has 4 N–H and O–H groups in total. The molecule has 0 saturated carbocycles. The van der Waals surface area contributed by atoms with Gasteiger partial charge in [-0.1, -0.05) is 0 Å². The Hall–Kier alpha value is -1.14. The predicted molar refractivity (Wildman–Crippen MR) is 55.9 cm³/mol. The van der Waals surface area contributed by atoms with Crippen LogP contribution in [0.1, 0.15) is 13.3 Å². The summed E-state index contributed by atoms with van der Waals surface area (Å²) in [5.41, 5.74) is 10.4. The van der Waals surface area contributed by atoms with Gasteiger partial charge in [-0.25, -0.2) is 0 Å². The highest BCUT2D eigenvalue weighted by Crippen LogP contribution is 1.94. The number of likely N-dealkylation sites (N-methyl/N-ethyl adjacent to an activating group) is 1. The number of primary amides is 1. The number of amides is 2. The molecule has 15 heavy (non-hydrogen) atoms. The fourth-order valence-corrected chi connectivity index (χ4v) is 1.04. The molecule has 0 radical (unpaired) electrons. The van der Waals surface area contributed by atoms with Crippen molar-refractivity contribution in [1.29, 1.82) is 0 Å². The minimum atomic E-state index is -0.853. The highest BCUT2D eigenvalue weighted by molar-refractivity contribution is 5.87. The van der Waals surface area contributed by atoms with Gasteiger partial charge in [-0.05, 0) is 6.92 Å². The van der Waals surface area contributed by atoms with Crippen molar-refractivity contribution in [1.82, 2.24) is 4.90 Å². The van der Waals surface area contributed by atoms with E-state index in [-0.39, 0.29) is 12.3 Å². The van der Waals surface area contributed by atoms with Crippen molar-refractivity contribution in [3.05, 3.63) is 0 Å². The number of hydrogen-bond acceptors (Lipinski definition) is 4. The van der Waals surface area contributed by atoms with Gasteiger partial charge in [0.05, 0.1) is 19.1 Å². The molecule has 0 bridgehead atoms. The third-order valence-electron chi connectivity index (χ3n) is 1.89. The topological polar surface area (TPSA) is 98.7 Å². The molecule has 0 aromatic carbocycles. The van der Waals surface area contributed by atoms with Crippen LogP contribution in [-0.4, -0.2) is 49.6 Å². The average Bonchev–Trinajstić information content (AvgIpc) is 2.15. The zero-order valence-electron chi connectivity index (χ0n) is 9.23. The van der Waals surface area contributed by atoms with Gasteiger partial charge >= 0.3 is 0 Å². The van der Waals surface area contributed by atoms with Gasteiger partial charge in [0.1, 0.15) is 0 Å². The lowest BCUT2D eigenvalue weighted by Crippen LogP contribution is -2.44. The van der Waals surface area contributed by atoms with Crippen LogP contribution in [0.25, 0.3) is 0 Å². The maximum absolute atomic E-state index is 11.5. The quantitative estimate of drug-likeness (QED) is 0.517. The fourth-order valence-electron chi connectivity index (χ4n) is 1.04. The molecule has 0 aromatic heterocycles. The van der Waals surface area contributed by atoms with E-state index in [2.05, 4.69) is 0 Å². The van der Waals surface area contributed by atoms with Crippen LogP contribution in [0.2, 0.25) is 0 Å². The first-order valence-corrected chi connectivity index (χ1v) is 4.85. The van der Waals surface area contributed by atoms with Gasteiger partial charge in [0.15, 0.2) is 0 Å². The Labute approximate surface area is 89.5 Å². The van der Waals surface area contributed by atoms with Crippen molar-refractivity contribution in [2.75, 3.05) is 26.8 Å². The van der Waals surface area contributed by atoms with Crippen LogP contribution in [0.15, 0.2) is 0 Å². The molecule has 0 saturated heterocycles. The van der Waals surface area contributed by atoms with E-state index in [9.17, 15) is 9.59 Å². The van der Waals surface area contributed by atoms with E-state index in [1.165, 1.54) is 4.90 Å². The molecule has 0 spiro atoms. The molecule has 0 aromatic rings. The normalized spacial score (nSPS) is 12.2. The Morgan fingerprint density at radius 2 is 2.07 bits per heavy atom. The first-order chi connectivity index (χ1) is 6.99. The maximum Gasteiger partial charge on any atom is 0.239 e. The molecule has 2 amide bonds. The highest BCUT2D eigenvalue weighted by Gasteiger charge is 2.19. The Morgan fingerprint density at radius 3 is 2.53 bits per heavy atom. The lowest BCUT2D eigenvalue weighted by atomic mass is 10.2. The van der Waals surface area contributed by atoms with E-state index in [0.29, 0.717) is 19.8 Å². The second-order valence-corrected chi connectivity index (χ2v) is 3.23. The van der Waals surface area contributed by atoms with Gasteiger partial charge in [-0.15, -0.1) is 0 Å². The van der Waals surface area contributed by atoms with E-state index >= 15 is 0 Å². The summed E-state index contributed by atoms with van der Waals surface area (Å²) in [5, 5.41) is 0. The summed E-state index contributed by atoms with van der Waals surface area (Å²) >= 11 is 0. The van der Waals surface area contributed by atoms with Crippen molar-refractivity contribution >= 4 is 11.8 Å². The minimum absolute atomic E-state index is 0.127. The van der Waals surface area contributed by atoms with Crippen LogP contribution < -0.4 is 11.5 Å². The molecule has 0 aliphatic heterocycles. The van der Waals surface area contributed by atoms with Crippen molar-refractivity contribution in [2.24, 2.45) is 11.5 Å². The maximum atomic E-state index is 11.5. The molecule has 0 rings (SSSR count). The molecule has 0 fully saturated rings. The van der Waals surface area contributed by atoms with Crippen LogP contribution >= 0.6 is 0 Å². The van der Waals surface area contributed by atoms with Crippen LogP contribution in [0.4, 0.5) is 0 Å². The number of carbonyl (C=O) groups excluding carboxylic acids is 2. The summed E-state index contributed by atoms with van der Waals surface area (Å²) in [4.78, 5) is 23.5. The fraction of sp³-hybridized carbons (Fsp3) is 0.778. The van der Waals surface area contributed by atoms with Crippen LogP contribution in [-0.2, 0) is 14.3 Å². The number of nitrogens with two attached hydrogens (primary N) is 2. The highest BCUT2D eigenvalue weighted by atomic mass is 16.5. The first-order valence-electron chi connectivity index (χ1n) is 4.85. The number of nitrogens with zero attached hydrogens (tertiary/aromatic N) is 1. The van der Waals surface area contributed by atoms with Gasteiger partial charge < -0.3 is 21.1 Å². The Kier molecular flexibility index (Phi) is 6.64. The SMILES string of the molecule is CCOCCN(C)C(=O)C(N)CC(N)=O. The summed E-state index contributed by atoms with van der Waals surface area (Å²) < 4.78 is 5.09. The lowest BCUT2D eigenvalue weighted by molar-refractivity contribution is -0.134. The molecule has 6 heteroatoms. The lowest BCUT2D eigenvalue weighted by Gasteiger charge is -2.20. The van der Waals surface area contributed by atoms with E-state index in [1.807, 2.05) is 6.92 Å². The Bertz CT molecular complexity index is 221. The monoisotopic (exact) mass is 217 g/mol. The second kappa shape index (κ2) is 7.19. The zero-order valence-corrected chi connectivity index (χ0v) is 9.23. The average molecular weight is 217 g/mol. The van der Waals surface area contributed by atoms with E-state index in [0.717, 1.165) is 0 Å². The van der Waals surface area contributed by atoms with Crippen molar-refractivity contribution in [2.45, 2.75) is 19.4 Å². The molecule has 0 aliphatic carbocycles. The minimum Gasteiger partial charge on any atom is -0.380 e. The van der Waals surface area contributed by atoms with E-state index < -0.39 is 11.9 Å². The summed E-state index contributed by atoms with van der Waals surface area (Å²) in [6.45, 7) is 3.40. The standard InChI is InChI=1S/C9H19N3O3/c1-3-15-5-4-12(2)9(14)7(10)6-8(11)13/h7H,3-6,10H2,1-2H3,(H2,11,13). The van der Waals surface area contributed by atoms with Gasteiger partial charge in [0.25, 0.3) is 0 Å².